The summed E-state index contributed by atoms with van der Waals surface area (Å²) >= 11 is 1.42. The van der Waals surface area contributed by atoms with Crippen molar-refractivity contribution < 1.29 is 9.53 Å². The lowest BCUT2D eigenvalue weighted by Gasteiger charge is -2.11. The number of benzene rings is 1. The Kier molecular flexibility index (Phi) is 4.01. The van der Waals surface area contributed by atoms with Gasteiger partial charge in [0, 0.05) is 29.8 Å². The molecule has 25 heavy (non-hydrogen) atoms. The fourth-order valence-corrected chi connectivity index (χ4v) is 3.61. The van der Waals surface area contributed by atoms with Gasteiger partial charge in [0.05, 0.1) is 12.0 Å². The topological polar surface area (TPSA) is 69.0 Å². The number of amides is 1. The summed E-state index contributed by atoms with van der Waals surface area (Å²) in [4.78, 5) is 20.9. The molecule has 1 aromatic carbocycles. The van der Waals surface area contributed by atoms with Gasteiger partial charge in [0.25, 0.3) is 0 Å². The lowest BCUT2D eigenvalue weighted by molar-refractivity contribution is -0.118. The van der Waals surface area contributed by atoms with Gasteiger partial charge in [-0.25, -0.2) is 9.97 Å². The number of hydrogen-bond acceptors (Lipinski definition) is 5. The largest absolute Gasteiger partial charge is 0.490 e. The van der Waals surface area contributed by atoms with Crippen LogP contribution in [0.3, 0.4) is 0 Å². The molecule has 0 bridgehead atoms. The summed E-state index contributed by atoms with van der Waals surface area (Å²) in [5.74, 6) is 0.837. The minimum absolute atomic E-state index is 0.116. The van der Waals surface area contributed by atoms with Crippen LogP contribution in [0.25, 0.3) is 11.3 Å². The van der Waals surface area contributed by atoms with E-state index in [4.69, 9.17) is 4.74 Å². The third kappa shape index (κ3) is 3.15. The van der Waals surface area contributed by atoms with Gasteiger partial charge in [0.15, 0.2) is 5.13 Å². The average Bonchev–Trinajstić information content (AvgIpc) is 3.33. The highest BCUT2D eigenvalue weighted by Crippen LogP contribution is 2.33. The minimum atomic E-state index is -0.339. The molecule has 1 amide bonds. The van der Waals surface area contributed by atoms with Crippen molar-refractivity contribution in [2.24, 2.45) is 0 Å². The van der Waals surface area contributed by atoms with E-state index in [1.807, 2.05) is 24.4 Å². The normalized spacial score (nSPS) is 17.0. The molecule has 2 aromatic heterocycles. The van der Waals surface area contributed by atoms with Gasteiger partial charge < -0.3 is 14.6 Å². The first kappa shape index (κ1) is 15.8. The van der Waals surface area contributed by atoms with Gasteiger partial charge >= 0.3 is 0 Å². The molecule has 6 nitrogen and oxygen atoms in total. The number of ether oxygens (including phenoxy) is 1. The van der Waals surface area contributed by atoms with Gasteiger partial charge in [-0.05, 0) is 37.6 Å². The molecule has 1 N–H and O–H groups in total. The lowest BCUT2D eigenvalue weighted by Crippen LogP contribution is -2.22. The SMILES string of the molecule is C[C@@H]1Cc2cc(-c3csc(NC(=O)[C@H](C)n4ccnc4)n3)ccc2O1. The van der Waals surface area contributed by atoms with E-state index in [0.717, 1.165) is 23.4 Å². The number of rotatable bonds is 4. The number of fused-ring (bicyclic) bond motifs is 1. The summed E-state index contributed by atoms with van der Waals surface area (Å²) < 4.78 is 7.49. The van der Waals surface area contributed by atoms with Crippen molar-refractivity contribution in [3.63, 3.8) is 0 Å². The van der Waals surface area contributed by atoms with Crippen LogP contribution < -0.4 is 10.1 Å². The van der Waals surface area contributed by atoms with Gasteiger partial charge in [-0.2, -0.15) is 0 Å². The Morgan fingerprint density at radius 3 is 3.16 bits per heavy atom. The maximum atomic E-state index is 12.3. The number of carbonyl (C=O) groups excluding carboxylic acids is 1. The zero-order valence-corrected chi connectivity index (χ0v) is 14.8. The first-order chi connectivity index (χ1) is 12.1. The van der Waals surface area contributed by atoms with Crippen molar-refractivity contribution in [2.45, 2.75) is 32.4 Å². The fraction of sp³-hybridized carbons (Fsp3) is 0.278. The van der Waals surface area contributed by atoms with Crippen molar-refractivity contribution in [3.05, 3.63) is 47.9 Å². The summed E-state index contributed by atoms with van der Waals surface area (Å²) in [6.07, 6.45) is 6.19. The van der Waals surface area contributed by atoms with Crippen LogP contribution in [-0.4, -0.2) is 26.5 Å². The summed E-state index contributed by atoms with van der Waals surface area (Å²) in [5.41, 5.74) is 3.10. The van der Waals surface area contributed by atoms with Gasteiger partial charge in [-0.15, -0.1) is 11.3 Å². The maximum Gasteiger partial charge on any atom is 0.248 e. The van der Waals surface area contributed by atoms with E-state index in [0.29, 0.717) is 5.13 Å². The second kappa shape index (κ2) is 6.33. The van der Waals surface area contributed by atoms with Crippen molar-refractivity contribution in [1.82, 2.24) is 14.5 Å². The highest BCUT2D eigenvalue weighted by Gasteiger charge is 2.20. The molecule has 3 heterocycles. The first-order valence-corrected chi connectivity index (χ1v) is 9.02. The molecular formula is C18H18N4O2S. The Bertz CT molecular complexity index is 904. The van der Waals surface area contributed by atoms with E-state index in [9.17, 15) is 4.79 Å². The Morgan fingerprint density at radius 1 is 1.48 bits per heavy atom. The number of thiazole rings is 1. The molecule has 1 aliphatic heterocycles. The number of hydrogen-bond donors (Lipinski definition) is 1. The van der Waals surface area contributed by atoms with Crippen LogP contribution in [0.2, 0.25) is 0 Å². The van der Waals surface area contributed by atoms with Crippen LogP contribution in [0.1, 0.15) is 25.5 Å². The van der Waals surface area contributed by atoms with E-state index in [-0.39, 0.29) is 18.1 Å². The molecule has 0 saturated heterocycles. The molecule has 3 aromatic rings. The predicted octanol–water partition coefficient (Wildman–Crippen LogP) is 3.53. The van der Waals surface area contributed by atoms with Crippen LogP contribution in [0.5, 0.6) is 5.75 Å². The van der Waals surface area contributed by atoms with Gasteiger partial charge in [-0.3, -0.25) is 4.79 Å². The molecule has 1 aliphatic rings. The first-order valence-electron chi connectivity index (χ1n) is 8.14. The number of nitrogens with zero attached hydrogens (tertiary/aromatic N) is 3. The van der Waals surface area contributed by atoms with Crippen molar-refractivity contribution in [1.29, 1.82) is 0 Å². The van der Waals surface area contributed by atoms with Crippen molar-refractivity contribution in [2.75, 3.05) is 5.32 Å². The molecule has 0 unspecified atom stereocenters. The van der Waals surface area contributed by atoms with Crippen LogP contribution in [0.4, 0.5) is 5.13 Å². The molecule has 0 saturated carbocycles. The summed E-state index contributed by atoms with van der Waals surface area (Å²) in [6.45, 7) is 3.89. The van der Waals surface area contributed by atoms with Gasteiger partial charge in [-0.1, -0.05) is 0 Å². The third-order valence-electron chi connectivity index (χ3n) is 4.28. The van der Waals surface area contributed by atoms with Gasteiger partial charge in [0.2, 0.25) is 5.91 Å². The van der Waals surface area contributed by atoms with E-state index in [1.54, 1.807) is 23.3 Å². The summed E-state index contributed by atoms with van der Waals surface area (Å²) in [7, 11) is 0. The molecule has 0 spiro atoms. The molecular weight excluding hydrogens is 336 g/mol. The second-order valence-electron chi connectivity index (χ2n) is 6.17. The zero-order chi connectivity index (χ0) is 17.4. The molecule has 7 heteroatoms. The fourth-order valence-electron chi connectivity index (χ4n) is 2.89. The Hall–Kier alpha value is -2.67. The second-order valence-corrected chi connectivity index (χ2v) is 7.03. The van der Waals surface area contributed by atoms with Crippen molar-refractivity contribution >= 4 is 22.4 Å². The van der Waals surface area contributed by atoms with Gasteiger partial charge in [0.1, 0.15) is 17.9 Å². The Labute approximate surface area is 149 Å². The maximum absolute atomic E-state index is 12.3. The minimum Gasteiger partial charge on any atom is -0.490 e. The monoisotopic (exact) mass is 354 g/mol. The Morgan fingerprint density at radius 2 is 2.36 bits per heavy atom. The van der Waals surface area contributed by atoms with Crippen LogP contribution in [0.15, 0.2) is 42.3 Å². The quantitative estimate of drug-likeness (QED) is 0.778. The number of aromatic nitrogens is 3. The highest BCUT2D eigenvalue weighted by molar-refractivity contribution is 7.14. The Balaban J connectivity index is 1.49. The summed E-state index contributed by atoms with van der Waals surface area (Å²) in [6, 6.07) is 5.78. The van der Waals surface area contributed by atoms with Crippen LogP contribution in [-0.2, 0) is 11.2 Å². The predicted molar refractivity (Wildman–Crippen MR) is 96.9 cm³/mol. The lowest BCUT2D eigenvalue weighted by atomic mass is 10.1. The molecule has 0 aliphatic carbocycles. The molecule has 4 rings (SSSR count). The highest BCUT2D eigenvalue weighted by atomic mass is 32.1. The van der Waals surface area contributed by atoms with E-state index < -0.39 is 0 Å². The average molecular weight is 354 g/mol. The zero-order valence-electron chi connectivity index (χ0n) is 14.0. The van der Waals surface area contributed by atoms with E-state index >= 15 is 0 Å². The smallest absolute Gasteiger partial charge is 0.248 e. The molecule has 0 radical (unpaired) electrons. The van der Waals surface area contributed by atoms with E-state index in [1.165, 1.54) is 16.9 Å². The molecule has 2 atom stereocenters. The molecule has 128 valence electrons. The standard InChI is InChI=1S/C18H18N4O2S/c1-11-7-14-8-13(3-4-16(14)24-11)15-9-25-18(20-15)21-17(23)12(2)22-6-5-19-10-22/h3-6,8-12H,7H2,1-2H3,(H,20,21,23)/t11-,12+/m1/s1. The van der Waals surface area contributed by atoms with Crippen molar-refractivity contribution in [3.8, 4) is 17.0 Å². The number of anilines is 1. The van der Waals surface area contributed by atoms with E-state index in [2.05, 4.69) is 28.3 Å². The summed E-state index contributed by atoms with van der Waals surface area (Å²) in [5, 5.41) is 5.43. The molecule has 0 fully saturated rings. The van der Waals surface area contributed by atoms with Crippen LogP contribution >= 0.6 is 11.3 Å². The number of carbonyl (C=O) groups is 1. The third-order valence-corrected chi connectivity index (χ3v) is 5.04. The number of imidazole rings is 1. The number of nitrogens with one attached hydrogen (secondary N) is 1. The van der Waals surface area contributed by atoms with Crippen LogP contribution in [0, 0.1) is 0 Å².